The number of carbonyl (C=O) groups is 1. The fourth-order valence-electron chi connectivity index (χ4n) is 1.39. The van der Waals surface area contributed by atoms with Crippen LogP contribution >= 0.6 is 11.6 Å². The minimum absolute atomic E-state index is 0.0538. The monoisotopic (exact) mass is 244 g/mol. The summed E-state index contributed by atoms with van der Waals surface area (Å²) in [6.07, 6.45) is 0.103. The number of halogens is 1. The molecule has 0 amide bonds. The Morgan fingerprint density at radius 3 is 2.50 bits per heavy atom. The first-order valence-corrected chi connectivity index (χ1v) is 5.00. The SMILES string of the molecule is COc1cc(CC(C)=O)c(O)c(Cl)c1OC. The predicted octanol–water partition coefficient (Wildman–Crippen LogP) is 2.19. The summed E-state index contributed by atoms with van der Waals surface area (Å²) >= 11 is 5.90. The molecule has 0 radical (unpaired) electrons. The van der Waals surface area contributed by atoms with E-state index >= 15 is 0 Å². The highest BCUT2D eigenvalue weighted by molar-refractivity contribution is 6.34. The molecule has 0 heterocycles. The molecule has 0 bridgehead atoms. The molecule has 16 heavy (non-hydrogen) atoms. The van der Waals surface area contributed by atoms with Crippen molar-refractivity contribution in [3.8, 4) is 17.2 Å². The smallest absolute Gasteiger partial charge is 0.183 e. The van der Waals surface area contributed by atoms with Gasteiger partial charge < -0.3 is 14.6 Å². The number of phenolic OH excluding ortho intramolecular Hbond substituents is 1. The number of phenols is 1. The van der Waals surface area contributed by atoms with E-state index in [1.807, 2.05) is 0 Å². The molecule has 0 saturated heterocycles. The highest BCUT2D eigenvalue weighted by Gasteiger charge is 2.18. The number of carbonyl (C=O) groups excluding carboxylic acids is 1. The fraction of sp³-hybridized carbons (Fsp3) is 0.364. The Balaban J connectivity index is 3.32. The largest absolute Gasteiger partial charge is 0.506 e. The number of hydrogen-bond acceptors (Lipinski definition) is 4. The van der Waals surface area contributed by atoms with E-state index in [0.717, 1.165) is 0 Å². The number of aromatic hydroxyl groups is 1. The zero-order valence-electron chi connectivity index (χ0n) is 9.33. The van der Waals surface area contributed by atoms with Crippen LogP contribution in [0.4, 0.5) is 0 Å². The Hall–Kier alpha value is -1.42. The first kappa shape index (κ1) is 12.6. The van der Waals surface area contributed by atoms with Crippen LogP contribution in [0.5, 0.6) is 17.2 Å². The van der Waals surface area contributed by atoms with Crippen molar-refractivity contribution < 1.29 is 19.4 Å². The van der Waals surface area contributed by atoms with Crippen molar-refractivity contribution in [2.45, 2.75) is 13.3 Å². The molecule has 0 unspecified atom stereocenters. The predicted molar refractivity (Wildman–Crippen MR) is 60.6 cm³/mol. The third-order valence-corrected chi connectivity index (χ3v) is 2.45. The third kappa shape index (κ3) is 2.39. The van der Waals surface area contributed by atoms with Crippen LogP contribution in [0.2, 0.25) is 5.02 Å². The van der Waals surface area contributed by atoms with Gasteiger partial charge in [0.1, 0.15) is 16.6 Å². The molecule has 0 aliphatic rings. The maximum atomic E-state index is 11.0. The normalized spacial score (nSPS) is 10.0. The van der Waals surface area contributed by atoms with Crippen molar-refractivity contribution in [1.29, 1.82) is 0 Å². The van der Waals surface area contributed by atoms with E-state index < -0.39 is 0 Å². The van der Waals surface area contributed by atoms with Crippen LogP contribution in [-0.2, 0) is 11.2 Å². The van der Waals surface area contributed by atoms with Gasteiger partial charge in [0.2, 0.25) is 0 Å². The molecule has 1 aromatic rings. The van der Waals surface area contributed by atoms with Crippen molar-refractivity contribution in [2.24, 2.45) is 0 Å². The number of Topliss-reactive ketones (excluding diaryl/α,β-unsaturated/α-hetero) is 1. The number of hydrogen-bond donors (Lipinski definition) is 1. The molecule has 1 aromatic carbocycles. The third-order valence-electron chi connectivity index (χ3n) is 2.10. The Bertz CT molecular complexity index is 415. The van der Waals surface area contributed by atoms with E-state index in [1.54, 1.807) is 6.07 Å². The molecule has 0 saturated carbocycles. The van der Waals surface area contributed by atoms with E-state index in [1.165, 1.54) is 21.1 Å². The lowest BCUT2D eigenvalue weighted by Crippen LogP contribution is -2.00. The minimum atomic E-state index is -0.144. The molecule has 4 nitrogen and oxygen atoms in total. The van der Waals surface area contributed by atoms with Gasteiger partial charge in [-0.3, -0.25) is 4.79 Å². The van der Waals surface area contributed by atoms with Crippen molar-refractivity contribution >= 4 is 17.4 Å². The van der Waals surface area contributed by atoms with Crippen molar-refractivity contribution in [1.82, 2.24) is 0 Å². The Morgan fingerprint density at radius 2 is 2.06 bits per heavy atom. The topological polar surface area (TPSA) is 55.8 Å². The number of ether oxygens (including phenoxy) is 2. The van der Waals surface area contributed by atoms with Crippen LogP contribution in [-0.4, -0.2) is 25.1 Å². The molecule has 0 aromatic heterocycles. The van der Waals surface area contributed by atoms with Gasteiger partial charge in [0.05, 0.1) is 14.2 Å². The molecule has 0 aliphatic carbocycles. The zero-order valence-corrected chi connectivity index (χ0v) is 10.1. The molecule has 88 valence electrons. The highest BCUT2D eigenvalue weighted by atomic mass is 35.5. The number of ketones is 1. The van der Waals surface area contributed by atoms with Gasteiger partial charge in [-0.05, 0) is 13.0 Å². The minimum Gasteiger partial charge on any atom is -0.506 e. The molecule has 0 fully saturated rings. The maximum Gasteiger partial charge on any atom is 0.183 e. The summed E-state index contributed by atoms with van der Waals surface area (Å²) in [6, 6.07) is 1.54. The van der Waals surface area contributed by atoms with Gasteiger partial charge in [0.25, 0.3) is 0 Å². The second-order valence-corrected chi connectivity index (χ2v) is 3.69. The van der Waals surface area contributed by atoms with Gasteiger partial charge in [-0.2, -0.15) is 0 Å². The van der Waals surface area contributed by atoms with Gasteiger partial charge in [-0.25, -0.2) is 0 Å². The van der Waals surface area contributed by atoms with Gasteiger partial charge in [0, 0.05) is 12.0 Å². The average Bonchev–Trinajstić information content (AvgIpc) is 2.24. The number of rotatable bonds is 4. The van der Waals surface area contributed by atoms with Crippen LogP contribution in [0.25, 0.3) is 0 Å². The van der Waals surface area contributed by atoms with Crippen molar-refractivity contribution in [3.05, 3.63) is 16.7 Å². The summed E-state index contributed by atoms with van der Waals surface area (Å²) in [4.78, 5) is 11.0. The summed E-state index contributed by atoms with van der Waals surface area (Å²) in [7, 11) is 2.89. The molecule has 0 atom stereocenters. The molecule has 5 heteroatoms. The second kappa shape index (κ2) is 5.07. The van der Waals surface area contributed by atoms with E-state index in [9.17, 15) is 9.90 Å². The lowest BCUT2D eigenvalue weighted by molar-refractivity contribution is -0.116. The lowest BCUT2D eigenvalue weighted by atomic mass is 10.1. The Labute approximate surface area is 98.7 Å². The van der Waals surface area contributed by atoms with Gasteiger partial charge in [-0.15, -0.1) is 0 Å². The standard InChI is InChI=1S/C11H13ClO4/c1-6(13)4-7-5-8(15-2)11(16-3)9(12)10(7)14/h5,14H,4H2,1-3H3. The van der Waals surface area contributed by atoms with E-state index in [4.69, 9.17) is 21.1 Å². The van der Waals surface area contributed by atoms with Crippen LogP contribution in [0.15, 0.2) is 6.07 Å². The van der Waals surface area contributed by atoms with Crippen molar-refractivity contribution in [2.75, 3.05) is 14.2 Å². The van der Waals surface area contributed by atoms with Gasteiger partial charge >= 0.3 is 0 Å². The lowest BCUT2D eigenvalue weighted by Gasteiger charge is -2.13. The summed E-state index contributed by atoms with van der Waals surface area (Å²) in [6.45, 7) is 1.43. The van der Waals surface area contributed by atoms with Crippen LogP contribution < -0.4 is 9.47 Å². The zero-order chi connectivity index (χ0) is 12.3. The van der Waals surface area contributed by atoms with E-state index in [0.29, 0.717) is 11.3 Å². The molecule has 1 rings (SSSR count). The van der Waals surface area contributed by atoms with Crippen LogP contribution in [0.1, 0.15) is 12.5 Å². The molecule has 0 aliphatic heterocycles. The fourth-order valence-corrected chi connectivity index (χ4v) is 1.69. The van der Waals surface area contributed by atoms with Crippen molar-refractivity contribution in [3.63, 3.8) is 0 Å². The summed E-state index contributed by atoms with van der Waals surface area (Å²) < 4.78 is 10.1. The van der Waals surface area contributed by atoms with E-state index in [-0.39, 0.29) is 28.7 Å². The maximum absolute atomic E-state index is 11.0. The molecule has 1 N–H and O–H groups in total. The summed E-state index contributed by atoms with van der Waals surface area (Å²) in [5.41, 5.74) is 0.426. The molecule has 0 spiro atoms. The highest BCUT2D eigenvalue weighted by Crippen LogP contribution is 2.43. The first-order valence-electron chi connectivity index (χ1n) is 4.63. The van der Waals surface area contributed by atoms with Crippen LogP contribution in [0.3, 0.4) is 0 Å². The van der Waals surface area contributed by atoms with Gasteiger partial charge in [0.15, 0.2) is 11.5 Å². The average molecular weight is 245 g/mol. The Morgan fingerprint density at radius 1 is 1.44 bits per heavy atom. The first-order chi connectivity index (χ1) is 7.51. The quantitative estimate of drug-likeness (QED) is 0.882. The second-order valence-electron chi connectivity index (χ2n) is 3.31. The van der Waals surface area contributed by atoms with Gasteiger partial charge in [-0.1, -0.05) is 11.6 Å². The van der Waals surface area contributed by atoms with Crippen LogP contribution in [0, 0.1) is 0 Å². The molecular weight excluding hydrogens is 232 g/mol. The Kier molecular flexibility index (Phi) is 4.01. The number of benzene rings is 1. The van der Waals surface area contributed by atoms with E-state index in [2.05, 4.69) is 0 Å². The number of methoxy groups -OCH3 is 2. The summed E-state index contributed by atoms with van der Waals surface area (Å²) in [5, 5.41) is 9.81. The molecular formula is C11H13ClO4. The summed E-state index contributed by atoms with van der Waals surface area (Å²) in [5.74, 6) is 0.434.